The minimum Gasteiger partial charge on any atom is -0.485 e. The molecular formula is C20H26N6O3. The van der Waals surface area contributed by atoms with Gasteiger partial charge >= 0.3 is 0 Å². The van der Waals surface area contributed by atoms with Crippen LogP contribution in [0.1, 0.15) is 48.3 Å². The highest BCUT2D eigenvalue weighted by Crippen LogP contribution is 2.37. The van der Waals surface area contributed by atoms with Gasteiger partial charge < -0.3 is 15.0 Å². The summed E-state index contributed by atoms with van der Waals surface area (Å²) >= 11 is 0. The fourth-order valence-corrected chi connectivity index (χ4v) is 4.18. The molecule has 0 saturated heterocycles. The maximum atomic E-state index is 12.6. The molecule has 1 spiro atoms. The first-order chi connectivity index (χ1) is 14.0. The molecule has 1 aliphatic heterocycles. The maximum Gasteiger partial charge on any atom is 0.255 e. The van der Waals surface area contributed by atoms with Gasteiger partial charge in [-0.2, -0.15) is 0 Å². The molecule has 9 nitrogen and oxygen atoms in total. The van der Waals surface area contributed by atoms with E-state index in [1.165, 1.54) is 0 Å². The molecule has 0 radical (unpaired) electrons. The fourth-order valence-electron chi connectivity index (χ4n) is 4.18. The normalized spacial score (nSPS) is 23.7. The fraction of sp³-hybridized carbons (Fsp3) is 0.550. The Kier molecular flexibility index (Phi) is 5.21. The monoisotopic (exact) mass is 398 g/mol. The molecule has 4 rings (SSSR count). The summed E-state index contributed by atoms with van der Waals surface area (Å²) in [5.74, 6) is 1.33. The zero-order valence-electron chi connectivity index (χ0n) is 16.8. The Balaban J connectivity index is 1.35. The number of fused-ring (bicyclic) bond motifs is 1. The predicted octanol–water partition coefficient (Wildman–Crippen LogP) is 1.33. The number of aromatic nitrogens is 4. The Hall–Kier alpha value is -2.97. The molecule has 2 aromatic rings. The van der Waals surface area contributed by atoms with Gasteiger partial charge in [0.05, 0.1) is 18.7 Å². The number of benzene rings is 1. The number of carbonyl (C=O) groups is 2. The number of aryl methyl sites for hydroxylation is 2. The van der Waals surface area contributed by atoms with Crippen molar-refractivity contribution in [2.75, 3.05) is 13.6 Å². The van der Waals surface area contributed by atoms with Crippen molar-refractivity contribution < 1.29 is 14.3 Å². The molecule has 2 heterocycles. The molecule has 1 aliphatic carbocycles. The van der Waals surface area contributed by atoms with Crippen molar-refractivity contribution in [3.8, 4) is 5.75 Å². The molecule has 154 valence electrons. The third kappa shape index (κ3) is 3.94. The van der Waals surface area contributed by atoms with Crippen molar-refractivity contribution in [3.63, 3.8) is 0 Å². The zero-order chi connectivity index (χ0) is 20.4. The van der Waals surface area contributed by atoms with Gasteiger partial charge in [-0.05, 0) is 55.2 Å². The summed E-state index contributed by atoms with van der Waals surface area (Å²) in [5.41, 5.74) is 0.170. The van der Waals surface area contributed by atoms with Crippen LogP contribution in [0.5, 0.6) is 5.75 Å². The van der Waals surface area contributed by atoms with Crippen LogP contribution < -0.4 is 10.1 Å². The number of carbonyl (C=O) groups excluding carboxylic acids is 2. The summed E-state index contributed by atoms with van der Waals surface area (Å²) in [6, 6.07) is 7.53. The quantitative estimate of drug-likeness (QED) is 0.834. The van der Waals surface area contributed by atoms with Crippen LogP contribution in [-0.2, 0) is 11.3 Å². The average molecular weight is 398 g/mol. The molecule has 0 atom stereocenters. The molecule has 2 amide bonds. The standard InChI is InChI=1S/C20H26N6O3/c1-14-22-23-24-26(14)12-9-18(27)25(2)15-7-10-20(11-8-15)13-21-19(28)16-5-3-4-6-17(16)29-20/h3-6,15H,7-13H2,1-2H3,(H,21,28). The molecule has 1 aromatic carbocycles. The first-order valence-corrected chi connectivity index (χ1v) is 10.0. The van der Waals surface area contributed by atoms with Crippen molar-refractivity contribution in [2.45, 2.75) is 57.2 Å². The summed E-state index contributed by atoms with van der Waals surface area (Å²) in [5, 5.41) is 14.3. The summed E-state index contributed by atoms with van der Waals surface area (Å²) < 4.78 is 7.98. The minimum absolute atomic E-state index is 0.0845. The van der Waals surface area contributed by atoms with Crippen LogP contribution in [0.15, 0.2) is 24.3 Å². The minimum atomic E-state index is -0.411. The second kappa shape index (κ2) is 7.81. The van der Waals surface area contributed by atoms with Crippen LogP contribution in [0.2, 0.25) is 0 Å². The third-order valence-electron chi connectivity index (χ3n) is 6.09. The Morgan fingerprint density at radius 3 is 2.83 bits per heavy atom. The molecule has 0 bridgehead atoms. The van der Waals surface area contributed by atoms with E-state index in [2.05, 4.69) is 20.8 Å². The number of hydrogen-bond acceptors (Lipinski definition) is 6. The number of hydrogen-bond donors (Lipinski definition) is 1. The average Bonchev–Trinajstić information content (AvgIpc) is 3.09. The van der Waals surface area contributed by atoms with Gasteiger partial charge in [-0.3, -0.25) is 9.59 Å². The number of tetrazole rings is 1. The van der Waals surface area contributed by atoms with E-state index in [0.717, 1.165) is 25.7 Å². The molecule has 1 saturated carbocycles. The number of nitrogens with one attached hydrogen (secondary N) is 1. The largest absolute Gasteiger partial charge is 0.485 e. The van der Waals surface area contributed by atoms with Crippen LogP contribution in [0.3, 0.4) is 0 Å². The van der Waals surface area contributed by atoms with E-state index in [9.17, 15) is 9.59 Å². The van der Waals surface area contributed by atoms with Gasteiger partial charge in [-0.1, -0.05) is 12.1 Å². The number of ether oxygens (including phenoxy) is 1. The summed E-state index contributed by atoms with van der Waals surface area (Å²) in [7, 11) is 1.86. The first-order valence-electron chi connectivity index (χ1n) is 10.0. The Labute approximate surface area is 169 Å². The number of rotatable bonds is 4. The summed E-state index contributed by atoms with van der Waals surface area (Å²) in [6.07, 6.45) is 3.62. The highest BCUT2D eigenvalue weighted by molar-refractivity contribution is 5.97. The number of nitrogens with zero attached hydrogens (tertiary/aromatic N) is 5. The third-order valence-corrected chi connectivity index (χ3v) is 6.09. The van der Waals surface area contributed by atoms with Crippen LogP contribution in [-0.4, -0.2) is 62.2 Å². The van der Waals surface area contributed by atoms with E-state index in [-0.39, 0.29) is 17.9 Å². The van der Waals surface area contributed by atoms with E-state index >= 15 is 0 Å². The molecule has 1 N–H and O–H groups in total. The molecule has 9 heteroatoms. The van der Waals surface area contributed by atoms with E-state index in [1.54, 1.807) is 10.7 Å². The van der Waals surface area contributed by atoms with Crippen molar-refractivity contribution in [3.05, 3.63) is 35.7 Å². The zero-order valence-corrected chi connectivity index (χ0v) is 16.8. The lowest BCUT2D eigenvalue weighted by Crippen LogP contribution is -2.51. The summed E-state index contributed by atoms with van der Waals surface area (Å²) in [4.78, 5) is 26.8. The lowest BCUT2D eigenvalue weighted by Gasteiger charge is -2.42. The van der Waals surface area contributed by atoms with Gasteiger partial charge in [0, 0.05) is 19.5 Å². The van der Waals surface area contributed by atoms with Crippen LogP contribution >= 0.6 is 0 Å². The Morgan fingerprint density at radius 2 is 2.10 bits per heavy atom. The smallest absolute Gasteiger partial charge is 0.255 e. The van der Waals surface area contributed by atoms with Crippen molar-refractivity contribution in [1.82, 2.24) is 30.4 Å². The lowest BCUT2D eigenvalue weighted by atomic mass is 9.81. The van der Waals surface area contributed by atoms with Gasteiger partial charge in [-0.15, -0.1) is 5.10 Å². The number of amides is 2. The SMILES string of the molecule is Cc1nnnn1CCC(=O)N(C)C1CCC2(CC1)CNC(=O)c1ccccc1O2. The van der Waals surface area contributed by atoms with Crippen LogP contribution in [0, 0.1) is 6.92 Å². The Morgan fingerprint density at radius 1 is 1.34 bits per heavy atom. The van der Waals surface area contributed by atoms with E-state index in [1.807, 2.05) is 37.1 Å². The molecule has 1 aromatic heterocycles. The second-order valence-corrected chi connectivity index (χ2v) is 7.90. The molecule has 2 aliphatic rings. The topological polar surface area (TPSA) is 102 Å². The maximum absolute atomic E-state index is 12.6. The van der Waals surface area contributed by atoms with E-state index in [0.29, 0.717) is 36.6 Å². The van der Waals surface area contributed by atoms with Gasteiger partial charge in [0.25, 0.3) is 5.91 Å². The van der Waals surface area contributed by atoms with E-state index in [4.69, 9.17) is 4.74 Å². The number of para-hydroxylation sites is 1. The van der Waals surface area contributed by atoms with Gasteiger partial charge in [0.1, 0.15) is 17.2 Å². The molecular weight excluding hydrogens is 372 g/mol. The predicted molar refractivity (Wildman–Crippen MR) is 104 cm³/mol. The lowest BCUT2D eigenvalue weighted by molar-refractivity contribution is -0.133. The van der Waals surface area contributed by atoms with E-state index < -0.39 is 5.60 Å². The van der Waals surface area contributed by atoms with Gasteiger partial charge in [0.2, 0.25) is 5.91 Å². The second-order valence-electron chi connectivity index (χ2n) is 7.90. The van der Waals surface area contributed by atoms with Gasteiger partial charge in [-0.25, -0.2) is 4.68 Å². The van der Waals surface area contributed by atoms with Crippen molar-refractivity contribution in [1.29, 1.82) is 0 Å². The van der Waals surface area contributed by atoms with Crippen LogP contribution in [0.25, 0.3) is 0 Å². The van der Waals surface area contributed by atoms with Crippen molar-refractivity contribution in [2.24, 2.45) is 0 Å². The molecule has 0 unspecified atom stereocenters. The van der Waals surface area contributed by atoms with Gasteiger partial charge in [0.15, 0.2) is 0 Å². The summed E-state index contributed by atoms with van der Waals surface area (Å²) in [6.45, 7) is 2.78. The highest BCUT2D eigenvalue weighted by Gasteiger charge is 2.41. The van der Waals surface area contributed by atoms with Crippen LogP contribution in [0.4, 0.5) is 0 Å². The Bertz CT molecular complexity index is 903. The molecule has 29 heavy (non-hydrogen) atoms. The molecule has 1 fully saturated rings. The first kappa shape index (κ1) is 19.4. The van der Waals surface area contributed by atoms with Crippen molar-refractivity contribution >= 4 is 11.8 Å². The highest BCUT2D eigenvalue weighted by atomic mass is 16.5.